The fourth-order valence-electron chi connectivity index (χ4n) is 7.76. The molecule has 0 bridgehead atoms. The van der Waals surface area contributed by atoms with Gasteiger partial charge in [0.15, 0.2) is 0 Å². The van der Waals surface area contributed by atoms with Crippen LogP contribution in [0.5, 0.6) is 0 Å². The van der Waals surface area contributed by atoms with E-state index < -0.39 is 0 Å². The van der Waals surface area contributed by atoms with Crippen LogP contribution in [0.4, 0.5) is 0 Å². The molecule has 4 aliphatic carbocycles. The van der Waals surface area contributed by atoms with Crippen LogP contribution in [0.2, 0.25) is 0 Å². The van der Waals surface area contributed by atoms with E-state index in [9.17, 15) is 9.90 Å². The van der Waals surface area contributed by atoms with Gasteiger partial charge < -0.3 is 9.84 Å². The number of fused-ring (bicyclic) bond motifs is 5. The van der Waals surface area contributed by atoms with E-state index in [0.717, 1.165) is 31.1 Å². The first kappa shape index (κ1) is 16.9. The molecule has 136 valence electrons. The number of carbonyl (C=O) groups excluding carboxylic acids is 1. The van der Waals surface area contributed by atoms with Gasteiger partial charge in [-0.05, 0) is 92.3 Å². The monoisotopic (exact) mass is 334 g/mol. The van der Waals surface area contributed by atoms with Gasteiger partial charge in [0.1, 0.15) is 0 Å². The molecule has 0 aromatic heterocycles. The molecule has 7 unspecified atom stereocenters. The summed E-state index contributed by atoms with van der Waals surface area (Å²) in [4.78, 5) is 12.3. The normalized spacial score (nSPS) is 53.7. The van der Waals surface area contributed by atoms with E-state index in [4.69, 9.17) is 4.74 Å². The van der Waals surface area contributed by atoms with Crippen molar-refractivity contribution in [1.29, 1.82) is 0 Å². The Hall–Kier alpha value is -0.570. The molecule has 4 fully saturated rings. The molecule has 24 heavy (non-hydrogen) atoms. The number of hydrogen-bond donors (Lipinski definition) is 1. The molecule has 0 saturated heterocycles. The quantitative estimate of drug-likeness (QED) is 0.732. The second-order valence-corrected chi connectivity index (χ2v) is 9.78. The maximum Gasteiger partial charge on any atom is 0.309 e. The van der Waals surface area contributed by atoms with Crippen LogP contribution >= 0.6 is 0 Å². The lowest BCUT2D eigenvalue weighted by molar-refractivity contribution is -0.157. The number of methoxy groups -OCH3 is 1. The molecule has 4 aliphatic rings. The van der Waals surface area contributed by atoms with E-state index in [0.29, 0.717) is 17.3 Å². The standard InChI is InChI=1S/C21H34O3/c1-20-10-8-14(22)12-13(20)4-5-15-16-6-7-18(19(23)24-3)21(16,2)11-9-17(15)20/h13-18,22H,4-12H2,1-3H3/t13-,14?,15?,16?,17?,18?,20?,21?/m0/s1. The lowest BCUT2D eigenvalue weighted by atomic mass is 9.44. The Kier molecular flexibility index (Phi) is 4.02. The first-order chi connectivity index (χ1) is 11.4. The van der Waals surface area contributed by atoms with Crippen molar-refractivity contribution in [3.8, 4) is 0 Å². The van der Waals surface area contributed by atoms with E-state index in [-0.39, 0.29) is 23.4 Å². The molecule has 0 aliphatic heterocycles. The topological polar surface area (TPSA) is 46.5 Å². The van der Waals surface area contributed by atoms with Crippen molar-refractivity contribution in [2.75, 3.05) is 7.11 Å². The lowest BCUT2D eigenvalue weighted by Gasteiger charge is -2.60. The number of esters is 1. The highest BCUT2D eigenvalue weighted by molar-refractivity contribution is 5.73. The highest BCUT2D eigenvalue weighted by Gasteiger charge is 2.61. The number of carbonyl (C=O) groups is 1. The Balaban J connectivity index is 1.60. The fourth-order valence-corrected chi connectivity index (χ4v) is 7.76. The molecule has 0 amide bonds. The van der Waals surface area contributed by atoms with Crippen LogP contribution in [0.3, 0.4) is 0 Å². The minimum absolute atomic E-state index is 0.0270. The highest BCUT2D eigenvalue weighted by Crippen LogP contribution is 2.67. The molecule has 0 aromatic carbocycles. The molecule has 4 rings (SSSR count). The second-order valence-electron chi connectivity index (χ2n) is 9.78. The third-order valence-corrected chi connectivity index (χ3v) is 9.12. The van der Waals surface area contributed by atoms with E-state index >= 15 is 0 Å². The van der Waals surface area contributed by atoms with Crippen molar-refractivity contribution in [2.24, 2.45) is 40.4 Å². The van der Waals surface area contributed by atoms with E-state index in [1.54, 1.807) is 7.11 Å². The summed E-state index contributed by atoms with van der Waals surface area (Å²) in [5, 5.41) is 10.1. The van der Waals surface area contributed by atoms with Gasteiger partial charge in [-0.25, -0.2) is 0 Å². The van der Waals surface area contributed by atoms with E-state index in [1.807, 2.05) is 0 Å². The zero-order valence-corrected chi connectivity index (χ0v) is 15.6. The maximum atomic E-state index is 12.3. The third kappa shape index (κ3) is 2.22. The van der Waals surface area contributed by atoms with Gasteiger partial charge in [-0.15, -0.1) is 0 Å². The molecule has 0 heterocycles. The van der Waals surface area contributed by atoms with Crippen molar-refractivity contribution in [3.05, 3.63) is 0 Å². The molecule has 4 saturated carbocycles. The molecule has 8 atom stereocenters. The Morgan fingerprint density at radius 3 is 2.42 bits per heavy atom. The molecule has 0 spiro atoms. The summed E-state index contributed by atoms with van der Waals surface area (Å²) in [5.41, 5.74) is 0.582. The third-order valence-electron chi connectivity index (χ3n) is 9.12. The van der Waals surface area contributed by atoms with Crippen molar-refractivity contribution >= 4 is 5.97 Å². The molecule has 0 aromatic rings. The lowest BCUT2D eigenvalue weighted by Crippen LogP contribution is -2.54. The molecule has 0 radical (unpaired) electrons. The predicted molar refractivity (Wildman–Crippen MR) is 93.2 cm³/mol. The maximum absolute atomic E-state index is 12.3. The summed E-state index contributed by atoms with van der Waals surface area (Å²) in [6.45, 7) is 4.90. The van der Waals surface area contributed by atoms with Crippen molar-refractivity contribution in [1.82, 2.24) is 0 Å². The van der Waals surface area contributed by atoms with Crippen LogP contribution in [0.1, 0.15) is 71.6 Å². The van der Waals surface area contributed by atoms with E-state index in [2.05, 4.69) is 13.8 Å². The van der Waals surface area contributed by atoms with Crippen LogP contribution in [0.25, 0.3) is 0 Å². The van der Waals surface area contributed by atoms with Gasteiger partial charge in [0.25, 0.3) is 0 Å². The Morgan fingerprint density at radius 2 is 1.67 bits per heavy atom. The van der Waals surface area contributed by atoms with Crippen molar-refractivity contribution in [2.45, 2.75) is 77.7 Å². The summed E-state index contributed by atoms with van der Waals surface area (Å²) in [6, 6.07) is 0. The van der Waals surface area contributed by atoms with Crippen molar-refractivity contribution < 1.29 is 14.6 Å². The summed E-state index contributed by atoms with van der Waals surface area (Å²) >= 11 is 0. The number of ether oxygens (including phenoxy) is 1. The van der Waals surface area contributed by atoms with Gasteiger partial charge in [-0.1, -0.05) is 13.8 Å². The van der Waals surface area contributed by atoms with Crippen LogP contribution in [0, 0.1) is 40.4 Å². The van der Waals surface area contributed by atoms with Crippen LogP contribution in [-0.2, 0) is 9.53 Å². The van der Waals surface area contributed by atoms with Crippen molar-refractivity contribution in [3.63, 3.8) is 0 Å². The second kappa shape index (κ2) is 5.72. The average molecular weight is 335 g/mol. The number of aliphatic hydroxyl groups excluding tert-OH is 1. The molecule has 1 N–H and O–H groups in total. The van der Waals surface area contributed by atoms with Gasteiger partial charge >= 0.3 is 5.97 Å². The minimum atomic E-state index is -0.0660. The summed E-state index contributed by atoms with van der Waals surface area (Å²) in [5.74, 6) is 3.15. The SMILES string of the molecule is COC(=O)C1CCC2C3CC[C@H]4CC(O)CCC4(C)C3CCC12C. The van der Waals surface area contributed by atoms with Crippen LogP contribution < -0.4 is 0 Å². The van der Waals surface area contributed by atoms with Gasteiger partial charge in [0, 0.05) is 0 Å². The fraction of sp³-hybridized carbons (Fsp3) is 0.952. The molecule has 3 heteroatoms. The molecular formula is C21H34O3. The van der Waals surface area contributed by atoms with Crippen LogP contribution in [0.15, 0.2) is 0 Å². The van der Waals surface area contributed by atoms with Crippen LogP contribution in [-0.4, -0.2) is 24.3 Å². The number of hydrogen-bond acceptors (Lipinski definition) is 3. The van der Waals surface area contributed by atoms with Gasteiger partial charge in [-0.3, -0.25) is 4.79 Å². The summed E-state index contributed by atoms with van der Waals surface area (Å²) < 4.78 is 5.14. The summed E-state index contributed by atoms with van der Waals surface area (Å²) in [7, 11) is 1.55. The largest absolute Gasteiger partial charge is 0.469 e. The smallest absolute Gasteiger partial charge is 0.309 e. The Morgan fingerprint density at radius 1 is 0.958 bits per heavy atom. The zero-order chi connectivity index (χ0) is 17.1. The number of aliphatic hydroxyl groups is 1. The first-order valence-electron chi connectivity index (χ1n) is 10.2. The Bertz CT molecular complexity index is 517. The molecule has 3 nitrogen and oxygen atoms in total. The van der Waals surface area contributed by atoms with Gasteiger partial charge in [0.05, 0.1) is 19.1 Å². The number of rotatable bonds is 1. The average Bonchev–Trinajstić information content (AvgIpc) is 2.92. The van der Waals surface area contributed by atoms with E-state index in [1.165, 1.54) is 38.5 Å². The van der Waals surface area contributed by atoms with Gasteiger partial charge in [-0.2, -0.15) is 0 Å². The minimum Gasteiger partial charge on any atom is -0.469 e. The summed E-state index contributed by atoms with van der Waals surface area (Å²) in [6.07, 6.45) is 10.4. The van der Waals surface area contributed by atoms with Gasteiger partial charge in [0.2, 0.25) is 0 Å². The first-order valence-corrected chi connectivity index (χ1v) is 10.2. The highest BCUT2D eigenvalue weighted by atomic mass is 16.5. The predicted octanol–water partition coefficient (Wildman–Crippen LogP) is 4.18. The Labute approximate surface area is 146 Å². The molecular weight excluding hydrogens is 300 g/mol. The zero-order valence-electron chi connectivity index (χ0n) is 15.6.